The molecule has 6 aromatic rings. The summed E-state index contributed by atoms with van der Waals surface area (Å²) in [6.07, 6.45) is -3.90. The van der Waals surface area contributed by atoms with E-state index in [1.807, 2.05) is 114 Å². The number of aliphatic hydroxyl groups is 1. The minimum atomic E-state index is -4.58. The van der Waals surface area contributed by atoms with Gasteiger partial charge in [-0.2, -0.15) is 13.2 Å². The molecule has 9 heteroatoms. The Kier molecular flexibility index (Phi) is 12.8. The zero-order valence-corrected chi connectivity index (χ0v) is 32.3. The molecule has 2 aliphatic heterocycles. The first-order valence-corrected chi connectivity index (χ1v) is 19.7. The molecule has 1 N–H and O–H groups in total. The van der Waals surface area contributed by atoms with E-state index >= 15 is 0 Å². The van der Waals surface area contributed by atoms with E-state index in [1.54, 1.807) is 0 Å². The van der Waals surface area contributed by atoms with Gasteiger partial charge in [0.25, 0.3) is 0 Å². The van der Waals surface area contributed by atoms with E-state index in [0.29, 0.717) is 31.8 Å². The lowest BCUT2D eigenvalue weighted by Crippen LogP contribution is -2.53. The van der Waals surface area contributed by atoms with Crippen LogP contribution < -0.4 is 19.3 Å². The van der Waals surface area contributed by atoms with E-state index in [4.69, 9.17) is 9.47 Å². The average molecular weight is 785 g/mol. The molecule has 298 valence electrons. The van der Waals surface area contributed by atoms with E-state index in [1.165, 1.54) is 16.8 Å². The molecule has 0 bridgehead atoms. The number of ketones is 1. The minimum absolute atomic E-state index is 0.169. The second kappa shape index (κ2) is 18.5. The maximum Gasteiger partial charge on any atom is 0.417 e. The predicted molar refractivity (Wildman–Crippen MR) is 224 cm³/mol. The molecule has 0 saturated carbocycles. The van der Waals surface area contributed by atoms with E-state index < -0.39 is 11.8 Å². The zero-order chi connectivity index (χ0) is 40.4. The Balaban J connectivity index is 0.000000178. The number of carbonyl (C=O) groups is 1. The van der Waals surface area contributed by atoms with Gasteiger partial charge in [-0.1, -0.05) is 109 Å². The quantitative estimate of drug-likeness (QED) is 0.149. The molecular formula is C49H47F3N2O4. The molecule has 8 rings (SSSR count). The highest BCUT2D eigenvalue weighted by Gasteiger charge is 2.54. The van der Waals surface area contributed by atoms with Crippen molar-refractivity contribution in [3.8, 4) is 33.8 Å². The topological polar surface area (TPSA) is 62.2 Å². The molecule has 0 amide bonds. The molecule has 0 unspecified atom stereocenters. The third kappa shape index (κ3) is 10.5. The number of alkyl halides is 3. The largest absolute Gasteiger partial charge is 0.489 e. The van der Waals surface area contributed by atoms with Gasteiger partial charge in [-0.15, -0.1) is 0 Å². The number of halogens is 3. The highest BCUT2D eigenvalue weighted by atomic mass is 19.4. The summed E-state index contributed by atoms with van der Waals surface area (Å²) in [5.41, 5.74) is 6.14. The fourth-order valence-electron chi connectivity index (χ4n) is 7.13. The molecule has 58 heavy (non-hydrogen) atoms. The van der Waals surface area contributed by atoms with Crippen molar-refractivity contribution in [3.63, 3.8) is 0 Å². The first kappa shape index (κ1) is 40.1. The molecule has 2 fully saturated rings. The van der Waals surface area contributed by atoms with Crippen molar-refractivity contribution >= 4 is 17.2 Å². The van der Waals surface area contributed by atoms with E-state index in [2.05, 4.69) is 53.4 Å². The van der Waals surface area contributed by atoms with Crippen LogP contribution in [-0.4, -0.2) is 48.8 Å². The van der Waals surface area contributed by atoms with Crippen molar-refractivity contribution < 1.29 is 32.5 Å². The number of piperidine rings is 2. The van der Waals surface area contributed by atoms with Crippen molar-refractivity contribution in [2.75, 3.05) is 36.0 Å². The molecule has 2 heterocycles. The number of rotatable bonds is 10. The molecule has 0 radical (unpaired) electrons. The molecule has 0 aromatic heterocycles. The molecule has 6 aromatic carbocycles. The van der Waals surface area contributed by atoms with Crippen LogP contribution in [0.4, 0.5) is 24.5 Å². The Hall–Kier alpha value is -6.06. The summed E-state index contributed by atoms with van der Waals surface area (Å²) < 4.78 is 50.6. The fraction of sp³-hybridized carbons (Fsp3) is 0.245. The monoisotopic (exact) mass is 784 g/mol. The standard InChI is InChI=1S/C25H24F3NO2.C24H23NO2/c26-25(27,28)24(30)14-16-29(17-15-24)22-10-6-20(7-11-22)21-8-12-23(13-9-21)31-18-19-4-2-1-3-5-19;26-23-14-16-25(17-15-23)22-10-6-20(7-11-22)21-8-12-24(13-9-21)27-18-19-4-2-1-3-5-19/h1-13,30H,14-18H2;1-13H,14-18H2. The second-order valence-electron chi connectivity index (χ2n) is 14.7. The van der Waals surface area contributed by atoms with Crippen LogP contribution in [0, 0.1) is 0 Å². The van der Waals surface area contributed by atoms with Gasteiger partial charge in [0.05, 0.1) is 0 Å². The van der Waals surface area contributed by atoms with Crippen molar-refractivity contribution in [2.45, 2.75) is 50.7 Å². The van der Waals surface area contributed by atoms with Gasteiger partial charge in [-0.05, 0) is 81.9 Å². The van der Waals surface area contributed by atoms with Crippen molar-refractivity contribution in [2.24, 2.45) is 0 Å². The van der Waals surface area contributed by atoms with Crippen LogP contribution in [0.2, 0.25) is 0 Å². The first-order chi connectivity index (χ1) is 28.1. The lowest BCUT2D eigenvalue weighted by Gasteiger charge is -2.40. The summed E-state index contributed by atoms with van der Waals surface area (Å²) >= 11 is 0. The number of Topliss-reactive ketones (excluding diaryl/α,β-unsaturated/α-hetero) is 1. The Morgan fingerprint density at radius 3 is 1.21 bits per heavy atom. The summed E-state index contributed by atoms with van der Waals surface area (Å²) in [5.74, 6) is 2.03. The van der Waals surface area contributed by atoms with Gasteiger partial charge in [0.15, 0.2) is 5.60 Å². The van der Waals surface area contributed by atoms with Crippen molar-refractivity contribution in [3.05, 3.63) is 169 Å². The number of ether oxygens (including phenoxy) is 2. The van der Waals surface area contributed by atoms with Gasteiger partial charge >= 0.3 is 6.18 Å². The van der Waals surface area contributed by atoms with Gasteiger partial charge < -0.3 is 24.4 Å². The third-order valence-corrected chi connectivity index (χ3v) is 10.8. The SMILES string of the molecule is O=C1CCN(c2ccc(-c3ccc(OCc4ccccc4)cc3)cc2)CC1.OC1(C(F)(F)F)CCN(c2ccc(-c3ccc(OCc4ccccc4)cc3)cc2)CC1. The van der Waals surface area contributed by atoms with Crippen LogP contribution >= 0.6 is 0 Å². The molecule has 2 aliphatic rings. The summed E-state index contributed by atoms with van der Waals surface area (Å²) in [5, 5.41) is 9.83. The molecule has 0 spiro atoms. The van der Waals surface area contributed by atoms with Crippen LogP contribution in [0.1, 0.15) is 36.8 Å². The van der Waals surface area contributed by atoms with E-state index in [0.717, 1.165) is 52.5 Å². The number of benzene rings is 6. The zero-order valence-electron chi connectivity index (χ0n) is 32.3. The lowest BCUT2D eigenvalue weighted by atomic mass is 9.90. The van der Waals surface area contributed by atoms with Gasteiger partial charge in [0, 0.05) is 63.2 Å². The number of nitrogens with zero attached hydrogens (tertiary/aromatic N) is 2. The van der Waals surface area contributed by atoms with Gasteiger partial charge in [0.2, 0.25) is 0 Å². The molecule has 0 atom stereocenters. The first-order valence-electron chi connectivity index (χ1n) is 19.7. The Morgan fingerprint density at radius 2 is 0.845 bits per heavy atom. The Bertz CT molecular complexity index is 2180. The van der Waals surface area contributed by atoms with E-state index in [9.17, 15) is 23.1 Å². The number of carbonyl (C=O) groups excluding carboxylic acids is 1. The van der Waals surface area contributed by atoms with Crippen molar-refractivity contribution in [1.29, 1.82) is 0 Å². The Labute approximate surface area is 338 Å². The summed E-state index contributed by atoms with van der Waals surface area (Å²) in [7, 11) is 0. The number of hydrogen-bond donors (Lipinski definition) is 1. The number of anilines is 2. The van der Waals surface area contributed by atoms with E-state index in [-0.39, 0.29) is 25.9 Å². The smallest absolute Gasteiger partial charge is 0.417 e. The normalized spacial score (nSPS) is 15.3. The molecule has 6 nitrogen and oxygen atoms in total. The van der Waals surface area contributed by atoms with Gasteiger partial charge in [0.1, 0.15) is 30.5 Å². The summed E-state index contributed by atoms with van der Waals surface area (Å²) in [6.45, 7) is 3.07. The van der Waals surface area contributed by atoms with Crippen molar-refractivity contribution in [1.82, 2.24) is 0 Å². The molecule has 0 aliphatic carbocycles. The Morgan fingerprint density at radius 1 is 0.500 bits per heavy atom. The highest BCUT2D eigenvalue weighted by Crippen LogP contribution is 2.39. The summed E-state index contributed by atoms with van der Waals surface area (Å²) in [6, 6.07) is 52.5. The van der Waals surface area contributed by atoms with Gasteiger partial charge in [-0.25, -0.2) is 0 Å². The van der Waals surface area contributed by atoms with Crippen LogP contribution in [0.5, 0.6) is 11.5 Å². The summed E-state index contributed by atoms with van der Waals surface area (Å²) in [4.78, 5) is 15.6. The highest BCUT2D eigenvalue weighted by molar-refractivity contribution is 5.81. The number of hydrogen-bond acceptors (Lipinski definition) is 6. The third-order valence-electron chi connectivity index (χ3n) is 10.8. The average Bonchev–Trinajstić information content (AvgIpc) is 3.27. The maximum absolute atomic E-state index is 13.0. The fourth-order valence-corrected chi connectivity index (χ4v) is 7.13. The maximum atomic E-state index is 13.0. The van der Waals surface area contributed by atoms with Crippen LogP contribution in [0.15, 0.2) is 158 Å². The van der Waals surface area contributed by atoms with Crippen LogP contribution in [0.25, 0.3) is 22.3 Å². The van der Waals surface area contributed by atoms with Gasteiger partial charge in [-0.3, -0.25) is 4.79 Å². The lowest BCUT2D eigenvalue weighted by molar-refractivity contribution is -0.266. The van der Waals surface area contributed by atoms with Crippen LogP contribution in [-0.2, 0) is 18.0 Å². The predicted octanol–water partition coefficient (Wildman–Crippen LogP) is 10.9. The second-order valence-corrected chi connectivity index (χ2v) is 14.7. The van der Waals surface area contributed by atoms with Crippen LogP contribution in [0.3, 0.4) is 0 Å². The molecule has 2 saturated heterocycles. The minimum Gasteiger partial charge on any atom is -0.489 e. The molecular weight excluding hydrogens is 738 g/mol.